The molecule has 47 heavy (non-hydrogen) atoms. The van der Waals surface area contributed by atoms with Crippen molar-refractivity contribution in [2.45, 2.75) is 31.0 Å². The molecule has 0 aliphatic heterocycles. The fourth-order valence-electron chi connectivity index (χ4n) is 4.29. The number of alkyl halides is 3. The maximum Gasteiger partial charge on any atom is 0.417 e. The number of benzene rings is 4. The van der Waals surface area contributed by atoms with Gasteiger partial charge in [0.1, 0.15) is 12.3 Å². The van der Waals surface area contributed by atoms with Gasteiger partial charge < -0.3 is 10.1 Å². The highest BCUT2D eigenvalue weighted by Gasteiger charge is 2.35. The summed E-state index contributed by atoms with van der Waals surface area (Å²) in [7, 11) is -4.49. The molecule has 0 bridgehead atoms. The van der Waals surface area contributed by atoms with E-state index in [-0.39, 0.29) is 23.5 Å². The van der Waals surface area contributed by atoms with Gasteiger partial charge in [0.2, 0.25) is 0 Å². The molecule has 0 fully saturated rings. The number of nitrogens with one attached hydrogen (secondary N) is 2. The van der Waals surface area contributed by atoms with Crippen molar-refractivity contribution in [1.29, 1.82) is 0 Å². The van der Waals surface area contributed by atoms with Crippen LogP contribution in [0.5, 0.6) is 5.75 Å². The van der Waals surface area contributed by atoms with Gasteiger partial charge in [0.05, 0.1) is 33.4 Å². The molecule has 246 valence electrons. The quantitative estimate of drug-likeness (QED) is 0.135. The van der Waals surface area contributed by atoms with E-state index in [4.69, 9.17) is 16.3 Å². The van der Waals surface area contributed by atoms with Crippen molar-refractivity contribution in [3.63, 3.8) is 0 Å². The van der Waals surface area contributed by atoms with Gasteiger partial charge in [0.25, 0.3) is 21.8 Å². The van der Waals surface area contributed by atoms with Gasteiger partial charge in [-0.15, -0.1) is 0 Å². The molecule has 0 radical (unpaired) electrons. The normalized spacial score (nSPS) is 12.4. The molecule has 2 amide bonds. The maximum absolute atomic E-state index is 13.6. The van der Waals surface area contributed by atoms with E-state index in [1.807, 2.05) is 37.3 Å². The van der Waals surface area contributed by atoms with Crippen LogP contribution in [0.3, 0.4) is 0 Å². The molecular formula is C33H30ClF3N4O5S. The molecule has 9 nitrogen and oxygen atoms in total. The van der Waals surface area contributed by atoms with Crippen LogP contribution < -0.4 is 19.8 Å². The van der Waals surface area contributed by atoms with Gasteiger partial charge in [-0.2, -0.15) is 18.3 Å². The Hall–Kier alpha value is -4.88. The van der Waals surface area contributed by atoms with Gasteiger partial charge in [0, 0.05) is 0 Å². The van der Waals surface area contributed by atoms with Crippen molar-refractivity contribution < 1.29 is 35.9 Å². The van der Waals surface area contributed by atoms with Crippen LogP contribution in [0.1, 0.15) is 35.2 Å². The first-order valence-corrected chi connectivity index (χ1v) is 15.9. The van der Waals surface area contributed by atoms with E-state index in [1.165, 1.54) is 30.5 Å². The topological polar surface area (TPSA) is 117 Å². The molecule has 2 N–H and O–H groups in total. The lowest BCUT2D eigenvalue weighted by atomic mass is 10.1. The molecule has 0 heterocycles. The molecule has 14 heteroatoms. The summed E-state index contributed by atoms with van der Waals surface area (Å²) < 4.78 is 73.9. The van der Waals surface area contributed by atoms with Crippen molar-refractivity contribution in [3.8, 4) is 5.75 Å². The summed E-state index contributed by atoms with van der Waals surface area (Å²) in [5.41, 5.74) is 2.76. The molecule has 0 aromatic heterocycles. The van der Waals surface area contributed by atoms with E-state index >= 15 is 0 Å². The highest BCUT2D eigenvalue weighted by atomic mass is 35.5. The van der Waals surface area contributed by atoms with Crippen molar-refractivity contribution >= 4 is 45.3 Å². The number of aryl methyl sites for hydroxylation is 1. The first-order valence-electron chi connectivity index (χ1n) is 14.1. The fourth-order valence-corrected chi connectivity index (χ4v) is 5.93. The number of ether oxygens (including phenoxy) is 1. The Kier molecular flexibility index (Phi) is 11.3. The summed E-state index contributed by atoms with van der Waals surface area (Å²) in [5.74, 6) is -0.815. The SMILES string of the molecule is Cc1ccc(S(=O)(=O)N(CC(=O)N/N=C/c2ccc(OCC(=O)NC(C)c3ccccc3)cc2)c2ccc(Cl)c(C(F)(F)F)c2)cc1. The predicted octanol–water partition coefficient (Wildman–Crippen LogP) is 6.27. The lowest BCUT2D eigenvalue weighted by Gasteiger charge is -2.25. The predicted molar refractivity (Wildman–Crippen MR) is 173 cm³/mol. The minimum atomic E-state index is -4.87. The molecule has 0 saturated carbocycles. The molecule has 1 atom stereocenters. The van der Waals surface area contributed by atoms with Crippen molar-refractivity contribution in [2.75, 3.05) is 17.5 Å². The Morgan fingerprint density at radius 3 is 2.26 bits per heavy atom. The first-order chi connectivity index (χ1) is 22.2. The van der Waals surface area contributed by atoms with E-state index in [0.717, 1.165) is 23.3 Å². The first kappa shape index (κ1) is 35.0. The number of hydrogen-bond donors (Lipinski definition) is 2. The second-order valence-corrected chi connectivity index (χ2v) is 12.6. The zero-order valence-electron chi connectivity index (χ0n) is 25.2. The van der Waals surface area contributed by atoms with E-state index < -0.39 is 44.9 Å². The van der Waals surface area contributed by atoms with Crippen LogP contribution in [0.25, 0.3) is 0 Å². The third kappa shape index (κ3) is 9.56. The van der Waals surface area contributed by atoms with Crippen LogP contribution in [0.15, 0.2) is 107 Å². The molecule has 1 unspecified atom stereocenters. The average molecular weight is 687 g/mol. The van der Waals surface area contributed by atoms with E-state index in [9.17, 15) is 31.2 Å². The van der Waals surface area contributed by atoms with E-state index in [0.29, 0.717) is 21.7 Å². The summed E-state index contributed by atoms with van der Waals surface area (Å²) >= 11 is 5.73. The second-order valence-electron chi connectivity index (χ2n) is 10.3. The van der Waals surface area contributed by atoms with Gasteiger partial charge in [-0.3, -0.25) is 13.9 Å². The number of halogens is 4. The number of anilines is 1. The number of nitrogens with zero attached hydrogens (tertiary/aromatic N) is 2. The van der Waals surface area contributed by atoms with Gasteiger partial charge in [-0.25, -0.2) is 13.8 Å². The Morgan fingerprint density at radius 1 is 0.957 bits per heavy atom. The number of carbonyl (C=O) groups is 2. The smallest absolute Gasteiger partial charge is 0.417 e. The number of sulfonamides is 1. The average Bonchev–Trinajstić information content (AvgIpc) is 3.03. The summed E-state index contributed by atoms with van der Waals surface area (Å²) in [6.07, 6.45) is -3.59. The third-order valence-corrected chi connectivity index (χ3v) is 8.89. The molecule has 0 spiro atoms. The second kappa shape index (κ2) is 15.1. The zero-order valence-corrected chi connectivity index (χ0v) is 26.7. The Balaban J connectivity index is 1.40. The van der Waals surface area contributed by atoms with Crippen LogP contribution in [-0.2, 0) is 25.8 Å². The molecule has 0 saturated heterocycles. The lowest BCUT2D eigenvalue weighted by molar-refractivity contribution is -0.137. The van der Waals surface area contributed by atoms with Crippen LogP contribution in [-0.4, -0.2) is 39.6 Å². The fraction of sp³-hybridized carbons (Fsp3) is 0.182. The maximum atomic E-state index is 13.6. The molecular weight excluding hydrogens is 657 g/mol. The van der Waals surface area contributed by atoms with Crippen molar-refractivity contribution in [3.05, 3.63) is 124 Å². The van der Waals surface area contributed by atoms with Crippen LogP contribution in [0.4, 0.5) is 18.9 Å². The van der Waals surface area contributed by atoms with Crippen molar-refractivity contribution in [2.24, 2.45) is 5.10 Å². The number of rotatable bonds is 12. The monoisotopic (exact) mass is 686 g/mol. The lowest BCUT2D eigenvalue weighted by Crippen LogP contribution is -2.39. The summed E-state index contributed by atoms with van der Waals surface area (Å²) in [5, 5.41) is 6.06. The van der Waals surface area contributed by atoms with Gasteiger partial charge in [-0.05, 0) is 79.6 Å². The number of carbonyl (C=O) groups excluding carboxylic acids is 2. The highest BCUT2D eigenvalue weighted by molar-refractivity contribution is 7.92. The van der Waals surface area contributed by atoms with Crippen molar-refractivity contribution in [1.82, 2.24) is 10.7 Å². The third-order valence-electron chi connectivity index (χ3n) is 6.77. The molecule has 4 aromatic carbocycles. The van der Waals surface area contributed by atoms with Crippen LogP contribution in [0, 0.1) is 6.92 Å². The Bertz CT molecular complexity index is 1840. The Morgan fingerprint density at radius 2 is 1.62 bits per heavy atom. The van der Waals surface area contributed by atoms with Gasteiger partial charge in [-0.1, -0.05) is 59.6 Å². The summed E-state index contributed by atoms with van der Waals surface area (Å²) in [6.45, 7) is 2.51. The van der Waals surface area contributed by atoms with Gasteiger partial charge in [0.15, 0.2) is 6.61 Å². The molecule has 4 aromatic rings. The molecule has 0 aliphatic rings. The number of amides is 2. The largest absolute Gasteiger partial charge is 0.484 e. The minimum Gasteiger partial charge on any atom is -0.484 e. The number of hydrazone groups is 1. The van der Waals surface area contributed by atoms with Crippen LogP contribution >= 0.6 is 11.6 Å². The zero-order chi connectivity index (χ0) is 34.2. The summed E-state index contributed by atoms with van der Waals surface area (Å²) in [4.78, 5) is 24.9. The standard InChI is InChI=1S/C33H30ClF3N4O5S/c1-22-8-15-28(16-9-22)47(44,45)41(26-12-17-30(34)29(18-26)33(35,36)37)20-31(42)40-38-19-24-10-13-27(14-11-24)46-21-32(43)39-23(2)25-6-4-3-5-7-25/h3-19,23H,20-21H2,1-2H3,(H,39,43)(H,40,42)/b38-19+. The van der Waals surface area contributed by atoms with E-state index in [1.54, 1.807) is 31.2 Å². The summed E-state index contributed by atoms with van der Waals surface area (Å²) in [6, 6.07) is 23.9. The Labute approximate surface area is 275 Å². The number of hydrogen-bond acceptors (Lipinski definition) is 6. The highest BCUT2D eigenvalue weighted by Crippen LogP contribution is 2.38. The molecule has 0 aliphatic carbocycles. The van der Waals surface area contributed by atoms with Crippen LogP contribution in [0.2, 0.25) is 5.02 Å². The van der Waals surface area contributed by atoms with E-state index in [2.05, 4.69) is 15.8 Å². The minimum absolute atomic E-state index is 0.195. The molecule has 4 rings (SSSR count). The van der Waals surface area contributed by atoms with Gasteiger partial charge >= 0.3 is 6.18 Å².